The number of pyridine rings is 1. The van der Waals surface area contributed by atoms with Crippen LogP contribution in [0.4, 0.5) is 0 Å². The number of halogens is 1. The predicted octanol–water partition coefficient (Wildman–Crippen LogP) is 3.23. The van der Waals surface area contributed by atoms with Crippen molar-refractivity contribution in [3.63, 3.8) is 0 Å². The largest absolute Gasteiger partial charge is 0.348 e. The number of carbonyl (C=O) groups is 1. The number of nitrogens with zero attached hydrogens (tertiary/aromatic N) is 1. The first-order valence-electron chi connectivity index (χ1n) is 6.17. The third-order valence-electron chi connectivity index (χ3n) is 2.77. The first kappa shape index (κ1) is 13.6. The molecule has 19 heavy (non-hydrogen) atoms. The van der Waals surface area contributed by atoms with E-state index in [1.807, 2.05) is 37.3 Å². The van der Waals surface area contributed by atoms with Gasteiger partial charge in [0.25, 0.3) is 5.91 Å². The molecular formula is C15H15ClN2O. The Bertz CT molecular complexity index is 570. The molecule has 0 atom stereocenters. The van der Waals surface area contributed by atoms with Crippen molar-refractivity contribution in [2.24, 2.45) is 0 Å². The summed E-state index contributed by atoms with van der Waals surface area (Å²) in [6, 6.07) is 13.1. The molecule has 2 aromatic rings. The molecule has 1 aromatic carbocycles. The fraction of sp³-hybridized carbons (Fsp3) is 0.200. The molecule has 0 fully saturated rings. The number of rotatable bonds is 4. The maximum atomic E-state index is 12.0. The Kier molecular flexibility index (Phi) is 4.53. The van der Waals surface area contributed by atoms with Crippen molar-refractivity contribution >= 4 is 17.5 Å². The molecule has 1 heterocycles. The van der Waals surface area contributed by atoms with E-state index in [4.69, 9.17) is 11.6 Å². The fourth-order valence-corrected chi connectivity index (χ4v) is 1.97. The smallest absolute Gasteiger partial charge is 0.251 e. The predicted molar refractivity (Wildman–Crippen MR) is 76.2 cm³/mol. The molecule has 1 aromatic heterocycles. The highest BCUT2D eigenvalue weighted by Crippen LogP contribution is 2.11. The zero-order chi connectivity index (χ0) is 13.7. The Morgan fingerprint density at radius 2 is 2.00 bits per heavy atom. The molecular weight excluding hydrogens is 260 g/mol. The number of hydrogen-bond acceptors (Lipinski definition) is 2. The van der Waals surface area contributed by atoms with E-state index in [0.29, 0.717) is 17.3 Å². The second-order valence-corrected chi connectivity index (χ2v) is 4.58. The van der Waals surface area contributed by atoms with Crippen molar-refractivity contribution in [2.75, 3.05) is 0 Å². The van der Waals surface area contributed by atoms with Gasteiger partial charge < -0.3 is 5.32 Å². The Hall–Kier alpha value is -1.87. The van der Waals surface area contributed by atoms with Gasteiger partial charge in [-0.2, -0.15) is 0 Å². The minimum absolute atomic E-state index is 0.136. The number of amides is 1. The fourth-order valence-electron chi connectivity index (χ4n) is 1.74. The molecule has 0 bridgehead atoms. The van der Waals surface area contributed by atoms with Gasteiger partial charge in [-0.05, 0) is 24.1 Å². The number of nitrogens with one attached hydrogen (secondary N) is 1. The van der Waals surface area contributed by atoms with Gasteiger partial charge in [0.05, 0.1) is 0 Å². The van der Waals surface area contributed by atoms with Gasteiger partial charge in [0.2, 0.25) is 0 Å². The van der Waals surface area contributed by atoms with E-state index in [0.717, 1.165) is 17.7 Å². The lowest BCUT2D eigenvalue weighted by Gasteiger charge is -2.07. The van der Waals surface area contributed by atoms with Crippen molar-refractivity contribution < 1.29 is 4.79 Å². The summed E-state index contributed by atoms with van der Waals surface area (Å²) in [5, 5.41) is 3.22. The third-order valence-corrected chi connectivity index (χ3v) is 2.96. The van der Waals surface area contributed by atoms with Crippen LogP contribution in [0.25, 0.3) is 0 Å². The highest BCUT2D eigenvalue weighted by atomic mass is 35.5. The first-order chi connectivity index (χ1) is 9.19. The van der Waals surface area contributed by atoms with Gasteiger partial charge in [0.1, 0.15) is 5.15 Å². The van der Waals surface area contributed by atoms with E-state index < -0.39 is 0 Å². The molecule has 3 nitrogen and oxygen atoms in total. The van der Waals surface area contributed by atoms with Gasteiger partial charge in [-0.25, -0.2) is 4.98 Å². The van der Waals surface area contributed by atoms with E-state index in [-0.39, 0.29) is 5.91 Å². The number of hydrogen-bond donors (Lipinski definition) is 1. The lowest BCUT2D eigenvalue weighted by molar-refractivity contribution is 0.0950. The van der Waals surface area contributed by atoms with Gasteiger partial charge in [-0.1, -0.05) is 48.9 Å². The Balaban J connectivity index is 2.06. The molecule has 1 N–H and O–H groups in total. The molecule has 98 valence electrons. The number of aryl methyl sites for hydroxylation is 1. The van der Waals surface area contributed by atoms with Crippen molar-refractivity contribution in [1.29, 1.82) is 0 Å². The lowest BCUT2D eigenvalue weighted by atomic mass is 10.2. The normalized spacial score (nSPS) is 10.2. The standard InChI is InChI=1S/C15H15ClN2O/c1-2-13-8-12(9-14(16)18-13)15(19)17-10-11-6-4-3-5-7-11/h3-9H,2,10H2,1H3,(H,17,19). The zero-order valence-corrected chi connectivity index (χ0v) is 11.4. The molecule has 0 saturated carbocycles. The van der Waals surface area contributed by atoms with E-state index in [2.05, 4.69) is 10.3 Å². The first-order valence-corrected chi connectivity index (χ1v) is 6.55. The molecule has 0 radical (unpaired) electrons. The van der Waals surface area contributed by atoms with Crippen molar-refractivity contribution in [1.82, 2.24) is 10.3 Å². The topological polar surface area (TPSA) is 42.0 Å². The molecule has 1 amide bonds. The molecule has 0 unspecified atom stereocenters. The SMILES string of the molecule is CCc1cc(C(=O)NCc2ccccc2)cc(Cl)n1. The lowest BCUT2D eigenvalue weighted by Crippen LogP contribution is -2.23. The minimum Gasteiger partial charge on any atom is -0.348 e. The average Bonchev–Trinajstić information content (AvgIpc) is 2.45. The van der Waals surface area contributed by atoms with Gasteiger partial charge in [-0.15, -0.1) is 0 Å². The molecule has 0 aliphatic rings. The van der Waals surface area contributed by atoms with Crippen LogP contribution in [0.15, 0.2) is 42.5 Å². The maximum Gasteiger partial charge on any atom is 0.251 e. The molecule has 2 rings (SSSR count). The summed E-state index contributed by atoms with van der Waals surface area (Å²) in [6.07, 6.45) is 0.750. The van der Waals surface area contributed by atoms with Gasteiger partial charge in [0.15, 0.2) is 0 Å². The zero-order valence-electron chi connectivity index (χ0n) is 10.7. The van der Waals surface area contributed by atoms with Crippen LogP contribution in [0.5, 0.6) is 0 Å². The van der Waals surface area contributed by atoms with Gasteiger partial charge in [0, 0.05) is 17.8 Å². The molecule has 0 saturated heterocycles. The maximum absolute atomic E-state index is 12.0. The Morgan fingerprint density at radius 3 is 2.68 bits per heavy atom. The van der Waals surface area contributed by atoms with E-state index >= 15 is 0 Å². The second-order valence-electron chi connectivity index (χ2n) is 4.19. The summed E-state index contributed by atoms with van der Waals surface area (Å²) in [5.74, 6) is -0.136. The minimum atomic E-state index is -0.136. The molecule has 0 spiro atoms. The van der Waals surface area contributed by atoms with E-state index in [9.17, 15) is 4.79 Å². The summed E-state index contributed by atoms with van der Waals surface area (Å²) in [6.45, 7) is 2.48. The number of carbonyl (C=O) groups excluding carboxylic acids is 1. The van der Waals surface area contributed by atoms with Crippen molar-refractivity contribution in [3.05, 3.63) is 64.4 Å². The summed E-state index contributed by atoms with van der Waals surface area (Å²) < 4.78 is 0. The Labute approximate surface area is 117 Å². The van der Waals surface area contributed by atoms with Gasteiger partial charge >= 0.3 is 0 Å². The van der Waals surface area contributed by atoms with Gasteiger partial charge in [-0.3, -0.25) is 4.79 Å². The van der Waals surface area contributed by atoms with Crippen LogP contribution in [-0.2, 0) is 13.0 Å². The van der Waals surface area contributed by atoms with E-state index in [1.165, 1.54) is 0 Å². The monoisotopic (exact) mass is 274 g/mol. The van der Waals surface area contributed by atoms with Crippen LogP contribution in [0.1, 0.15) is 28.5 Å². The number of benzene rings is 1. The highest BCUT2D eigenvalue weighted by molar-refractivity contribution is 6.29. The summed E-state index contributed by atoms with van der Waals surface area (Å²) in [4.78, 5) is 16.2. The highest BCUT2D eigenvalue weighted by Gasteiger charge is 2.08. The summed E-state index contributed by atoms with van der Waals surface area (Å²) in [7, 11) is 0. The average molecular weight is 275 g/mol. The van der Waals surface area contributed by atoms with E-state index in [1.54, 1.807) is 12.1 Å². The molecule has 4 heteroatoms. The summed E-state index contributed by atoms with van der Waals surface area (Å²) in [5.41, 5.74) is 2.43. The molecule has 0 aliphatic heterocycles. The van der Waals surface area contributed by atoms with Crippen molar-refractivity contribution in [2.45, 2.75) is 19.9 Å². The van der Waals surface area contributed by atoms with Crippen LogP contribution in [0, 0.1) is 0 Å². The van der Waals surface area contributed by atoms with Crippen LogP contribution >= 0.6 is 11.6 Å². The quantitative estimate of drug-likeness (QED) is 0.870. The second kappa shape index (κ2) is 6.34. The Morgan fingerprint density at radius 1 is 1.26 bits per heavy atom. The molecule has 0 aliphatic carbocycles. The van der Waals surface area contributed by atoms with Crippen LogP contribution in [0.3, 0.4) is 0 Å². The van der Waals surface area contributed by atoms with Crippen LogP contribution in [0.2, 0.25) is 5.15 Å². The van der Waals surface area contributed by atoms with Crippen molar-refractivity contribution in [3.8, 4) is 0 Å². The van der Waals surface area contributed by atoms with Crippen LogP contribution in [-0.4, -0.2) is 10.9 Å². The van der Waals surface area contributed by atoms with Crippen LogP contribution < -0.4 is 5.32 Å². The summed E-state index contributed by atoms with van der Waals surface area (Å²) >= 11 is 5.90. The third kappa shape index (κ3) is 3.80. The number of aromatic nitrogens is 1.